The minimum atomic E-state index is -4.02. The molecule has 1 aromatic carbocycles. The van der Waals surface area contributed by atoms with Crippen molar-refractivity contribution >= 4 is 38.3 Å². The molecule has 2 amide bonds. The molecule has 0 saturated carbocycles. The van der Waals surface area contributed by atoms with Gasteiger partial charge in [0.2, 0.25) is 5.91 Å². The molecule has 0 radical (unpaired) electrons. The average molecular weight is 325 g/mol. The average Bonchev–Trinajstić information content (AvgIpc) is 2.88. The number of sulfonamides is 1. The minimum Gasteiger partial charge on any atom is -0.302 e. The number of hydrogen-bond donors (Lipinski definition) is 2. The quantitative estimate of drug-likeness (QED) is 0.879. The Balaban J connectivity index is 2.17. The highest BCUT2D eigenvalue weighted by molar-refractivity contribution is 7.92. The molecular formula is C12H11N3O4S2. The van der Waals surface area contributed by atoms with Crippen molar-refractivity contribution in [2.24, 2.45) is 0 Å². The summed E-state index contributed by atoms with van der Waals surface area (Å²) in [6.45, 7) is 1.28. The van der Waals surface area contributed by atoms with Crippen LogP contribution < -0.4 is 10.0 Å². The Bertz CT molecular complexity index is 769. The third kappa shape index (κ3) is 3.86. The van der Waals surface area contributed by atoms with Gasteiger partial charge in [0.1, 0.15) is 0 Å². The molecule has 0 aliphatic rings. The van der Waals surface area contributed by atoms with E-state index in [0.717, 1.165) is 17.5 Å². The van der Waals surface area contributed by atoms with Crippen molar-refractivity contribution in [2.45, 2.75) is 11.1 Å². The minimum absolute atomic E-state index is 0.148. The van der Waals surface area contributed by atoms with Gasteiger partial charge in [0.25, 0.3) is 15.9 Å². The van der Waals surface area contributed by atoms with Crippen molar-refractivity contribution in [2.75, 3.05) is 5.32 Å². The van der Waals surface area contributed by atoms with Crippen LogP contribution in [-0.4, -0.2) is 25.2 Å². The van der Waals surface area contributed by atoms with Gasteiger partial charge in [0.15, 0.2) is 9.34 Å². The topological polar surface area (TPSA) is 105 Å². The summed E-state index contributed by atoms with van der Waals surface area (Å²) >= 11 is 0.760. The van der Waals surface area contributed by atoms with Gasteiger partial charge in [-0.3, -0.25) is 9.59 Å². The number of nitrogens with zero attached hydrogens (tertiary/aromatic N) is 1. The summed E-state index contributed by atoms with van der Waals surface area (Å²) in [6, 6.07) is 7.97. The molecule has 1 heterocycles. The second kappa shape index (κ2) is 6.02. The monoisotopic (exact) mass is 325 g/mol. The normalized spacial score (nSPS) is 10.9. The molecule has 0 aliphatic carbocycles. The summed E-state index contributed by atoms with van der Waals surface area (Å²) in [5.74, 6) is -1.09. The molecule has 0 aliphatic heterocycles. The van der Waals surface area contributed by atoms with Crippen LogP contribution in [0.2, 0.25) is 0 Å². The van der Waals surface area contributed by atoms with Crippen LogP contribution in [0.4, 0.5) is 5.13 Å². The Labute approximate surface area is 125 Å². The fraction of sp³-hybridized carbons (Fsp3) is 0.0833. The van der Waals surface area contributed by atoms with Crippen molar-refractivity contribution in [1.29, 1.82) is 0 Å². The standard InChI is InChI=1S/C12H11N3O4S2/c1-8(16)14-12-13-7-10(20-12)21(18,19)15-11(17)9-5-3-2-4-6-9/h2-7H,1H3,(H,15,17)(H,13,14,16). The number of hydrogen-bond acceptors (Lipinski definition) is 6. The molecule has 0 saturated heterocycles. The lowest BCUT2D eigenvalue weighted by atomic mass is 10.2. The van der Waals surface area contributed by atoms with E-state index in [9.17, 15) is 18.0 Å². The smallest absolute Gasteiger partial charge is 0.275 e. The maximum atomic E-state index is 12.0. The van der Waals surface area contributed by atoms with Crippen LogP contribution in [0.5, 0.6) is 0 Å². The second-order valence-corrected chi connectivity index (χ2v) is 6.91. The second-order valence-electron chi connectivity index (χ2n) is 3.97. The van der Waals surface area contributed by atoms with Crippen molar-refractivity contribution in [3.8, 4) is 0 Å². The van der Waals surface area contributed by atoms with E-state index in [1.807, 2.05) is 4.72 Å². The van der Waals surface area contributed by atoms with Crippen LogP contribution in [0.3, 0.4) is 0 Å². The van der Waals surface area contributed by atoms with Crippen LogP contribution >= 0.6 is 11.3 Å². The van der Waals surface area contributed by atoms with Gasteiger partial charge in [-0.15, -0.1) is 0 Å². The summed E-state index contributed by atoms with van der Waals surface area (Å²) < 4.78 is 25.9. The summed E-state index contributed by atoms with van der Waals surface area (Å²) in [7, 11) is -4.02. The van der Waals surface area contributed by atoms with Crippen molar-refractivity contribution in [3.63, 3.8) is 0 Å². The molecule has 110 valence electrons. The van der Waals surface area contributed by atoms with Crippen molar-refractivity contribution in [1.82, 2.24) is 9.71 Å². The van der Waals surface area contributed by atoms with Crippen LogP contribution in [-0.2, 0) is 14.8 Å². The summed E-state index contributed by atoms with van der Waals surface area (Å²) in [5.41, 5.74) is 0.229. The molecule has 7 nitrogen and oxygen atoms in total. The number of amides is 2. The number of carbonyl (C=O) groups is 2. The molecule has 0 fully saturated rings. The first-order valence-electron chi connectivity index (χ1n) is 5.74. The summed E-state index contributed by atoms with van der Waals surface area (Å²) in [6.07, 6.45) is 1.08. The van der Waals surface area contributed by atoms with Crippen LogP contribution in [0.1, 0.15) is 17.3 Å². The predicted molar refractivity (Wildman–Crippen MR) is 77.5 cm³/mol. The molecule has 9 heteroatoms. The lowest BCUT2D eigenvalue weighted by Gasteiger charge is -2.04. The Hall–Kier alpha value is -2.26. The highest BCUT2D eigenvalue weighted by Crippen LogP contribution is 2.22. The lowest BCUT2D eigenvalue weighted by Crippen LogP contribution is -2.29. The van der Waals surface area contributed by atoms with Gasteiger partial charge in [-0.2, -0.15) is 0 Å². The number of benzene rings is 1. The molecule has 1 aromatic heterocycles. The fourth-order valence-corrected chi connectivity index (χ4v) is 3.46. The van der Waals surface area contributed by atoms with E-state index >= 15 is 0 Å². The molecular weight excluding hydrogens is 314 g/mol. The Morgan fingerprint density at radius 1 is 1.19 bits per heavy atom. The number of thiazole rings is 1. The summed E-state index contributed by atoms with van der Waals surface area (Å²) in [5, 5.41) is 2.52. The SMILES string of the molecule is CC(=O)Nc1ncc(S(=O)(=O)NC(=O)c2ccccc2)s1. The van der Waals surface area contributed by atoms with Gasteiger partial charge in [-0.1, -0.05) is 29.5 Å². The molecule has 0 spiro atoms. The predicted octanol–water partition coefficient (Wildman–Crippen LogP) is 1.22. The number of anilines is 1. The lowest BCUT2D eigenvalue weighted by molar-refractivity contribution is -0.114. The first-order chi connectivity index (χ1) is 9.88. The van der Waals surface area contributed by atoms with Gasteiger partial charge >= 0.3 is 0 Å². The molecule has 0 unspecified atom stereocenters. The molecule has 0 bridgehead atoms. The van der Waals surface area contributed by atoms with Crippen LogP contribution in [0.25, 0.3) is 0 Å². The fourth-order valence-electron chi connectivity index (χ4n) is 1.41. The van der Waals surface area contributed by atoms with Crippen molar-refractivity contribution < 1.29 is 18.0 Å². The zero-order chi connectivity index (χ0) is 15.5. The largest absolute Gasteiger partial charge is 0.302 e. The Morgan fingerprint density at radius 3 is 2.48 bits per heavy atom. The van der Waals surface area contributed by atoms with Crippen LogP contribution in [0.15, 0.2) is 40.7 Å². The molecule has 0 atom stereocenters. The number of aromatic nitrogens is 1. The maximum absolute atomic E-state index is 12.0. The highest BCUT2D eigenvalue weighted by Gasteiger charge is 2.21. The zero-order valence-corrected chi connectivity index (χ0v) is 12.5. The van der Waals surface area contributed by atoms with E-state index in [2.05, 4.69) is 10.3 Å². The highest BCUT2D eigenvalue weighted by atomic mass is 32.2. The molecule has 2 aromatic rings. The third-order valence-electron chi connectivity index (χ3n) is 2.30. The van der Waals surface area contributed by atoms with Gasteiger partial charge in [0, 0.05) is 12.5 Å². The van der Waals surface area contributed by atoms with Gasteiger partial charge in [-0.25, -0.2) is 18.1 Å². The van der Waals surface area contributed by atoms with E-state index in [-0.39, 0.29) is 20.8 Å². The third-order valence-corrected chi connectivity index (χ3v) is 5.00. The molecule has 2 N–H and O–H groups in total. The summed E-state index contributed by atoms with van der Waals surface area (Å²) in [4.78, 5) is 26.5. The van der Waals surface area contributed by atoms with Crippen LogP contribution in [0, 0.1) is 0 Å². The number of carbonyl (C=O) groups excluding carboxylic acids is 2. The van der Waals surface area contributed by atoms with E-state index in [0.29, 0.717) is 0 Å². The van der Waals surface area contributed by atoms with Gasteiger partial charge in [-0.05, 0) is 12.1 Å². The molecule has 2 rings (SSSR count). The van der Waals surface area contributed by atoms with E-state index in [1.54, 1.807) is 18.2 Å². The van der Waals surface area contributed by atoms with Gasteiger partial charge < -0.3 is 5.32 Å². The zero-order valence-electron chi connectivity index (χ0n) is 10.9. The van der Waals surface area contributed by atoms with Crippen molar-refractivity contribution in [3.05, 3.63) is 42.1 Å². The Kier molecular flexibility index (Phi) is 4.34. The first-order valence-corrected chi connectivity index (χ1v) is 8.04. The van der Waals surface area contributed by atoms with E-state index in [4.69, 9.17) is 0 Å². The van der Waals surface area contributed by atoms with E-state index in [1.165, 1.54) is 19.1 Å². The number of rotatable bonds is 4. The maximum Gasteiger partial charge on any atom is 0.275 e. The van der Waals surface area contributed by atoms with E-state index < -0.39 is 15.9 Å². The Morgan fingerprint density at radius 2 is 1.86 bits per heavy atom. The first kappa shape index (κ1) is 15.1. The number of nitrogens with one attached hydrogen (secondary N) is 2. The van der Waals surface area contributed by atoms with Gasteiger partial charge in [0.05, 0.1) is 6.20 Å². The molecule has 21 heavy (non-hydrogen) atoms.